The number of H-pyrrole nitrogens is 4. The zero-order valence-corrected chi connectivity index (χ0v) is 87.4. The average Bonchev–Trinajstić information content (AvgIpc) is 1.59. The van der Waals surface area contributed by atoms with Gasteiger partial charge in [0.2, 0.25) is 11.8 Å². The molecule has 4 fully saturated rings. The molecule has 0 radical (unpaired) electrons. The highest BCUT2D eigenvalue weighted by Gasteiger charge is 2.52. The van der Waals surface area contributed by atoms with Crippen molar-refractivity contribution in [1.29, 1.82) is 0 Å². The highest BCUT2D eigenvalue weighted by Crippen LogP contribution is 2.42. The summed E-state index contributed by atoms with van der Waals surface area (Å²) in [6.07, 6.45) is 16.7. The molecule has 0 bridgehead atoms. The minimum Gasteiger partial charge on any atom is -0.480 e. The molecule has 22 rings (SSSR count). The summed E-state index contributed by atoms with van der Waals surface area (Å²) in [4.78, 5) is 98.6. The number of carbonyl (C=O) groups excluding carboxylic acids is 2. The molecule has 776 valence electrons. The number of hydrogen-bond donors (Lipinski definition) is 5. The first-order valence-corrected chi connectivity index (χ1v) is 53.6. The summed E-state index contributed by atoms with van der Waals surface area (Å²) in [5.74, 6) is 2.72. The number of fused-ring (bicyclic) bond motifs is 6. The number of hydrogen-bond acceptors (Lipinski definition) is 27. The Kier molecular flexibility index (Phi) is 29.6. The van der Waals surface area contributed by atoms with Gasteiger partial charge >= 0.3 is 19.3 Å². The van der Waals surface area contributed by atoms with Gasteiger partial charge in [-0.2, -0.15) is 0 Å². The summed E-state index contributed by atoms with van der Waals surface area (Å²) >= 11 is 0. The zero-order valence-electron chi connectivity index (χ0n) is 84.9. The van der Waals surface area contributed by atoms with Crippen LogP contribution in [0.4, 0.5) is 26.7 Å². The van der Waals surface area contributed by atoms with Gasteiger partial charge in [0.15, 0.2) is 16.9 Å². The first-order chi connectivity index (χ1) is 71.4. The minimum absolute atomic E-state index is 0. The fourth-order valence-corrected chi connectivity index (χ4v) is 22.5. The second kappa shape index (κ2) is 42.6. The largest absolute Gasteiger partial charge is 0.495 e. The van der Waals surface area contributed by atoms with Gasteiger partial charge in [-0.1, -0.05) is 62.0 Å². The molecule has 0 atom stereocenters. The van der Waals surface area contributed by atoms with Gasteiger partial charge in [-0.25, -0.2) is 86.6 Å². The second-order valence-corrected chi connectivity index (χ2v) is 45.2. The zero-order chi connectivity index (χ0) is 105. The van der Waals surface area contributed by atoms with Crippen LogP contribution in [0.5, 0.6) is 11.8 Å². The lowest BCUT2D eigenvalue weighted by atomic mass is 9.78. The maximum absolute atomic E-state index is 13.5. The number of aromatic amines is 4. The Morgan fingerprint density at radius 1 is 0.413 bits per heavy atom. The molecule has 2 amide bonds. The molecular weight excluding hydrogens is 1960 g/mol. The third-order valence-electron chi connectivity index (χ3n) is 26.7. The van der Waals surface area contributed by atoms with Crippen LogP contribution >= 0.6 is 0 Å². The van der Waals surface area contributed by atoms with Gasteiger partial charge in [-0.3, -0.25) is 4.79 Å². The molecule has 4 saturated heterocycles. The topological polar surface area (TPSA) is 418 Å². The molecule has 36 nitrogen and oxygen atoms in total. The number of ether oxygens (including phenoxy) is 4. The first kappa shape index (κ1) is 104. The quantitative estimate of drug-likeness (QED) is 0.0529. The van der Waals surface area contributed by atoms with Crippen LogP contribution in [0, 0.1) is 6.92 Å². The Hall–Kier alpha value is -15.6. The number of imidazole rings is 3. The van der Waals surface area contributed by atoms with Gasteiger partial charge in [0, 0.05) is 167 Å². The van der Waals surface area contributed by atoms with Gasteiger partial charge < -0.3 is 78.0 Å². The van der Waals surface area contributed by atoms with Gasteiger partial charge in [-0.15, -0.1) is 0 Å². The van der Waals surface area contributed by atoms with Crippen LogP contribution in [0.1, 0.15) is 101 Å². The Bertz CT molecular complexity index is 8450. The molecule has 150 heavy (non-hydrogen) atoms. The van der Waals surface area contributed by atoms with Crippen molar-refractivity contribution in [3.63, 3.8) is 0 Å². The summed E-state index contributed by atoms with van der Waals surface area (Å²) in [5.41, 5.74) is 13.7. The van der Waals surface area contributed by atoms with E-state index in [-0.39, 0.29) is 39.9 Å². The predicted molar refractivity (Wildman–Crippen MR) is 584 cm³/mol. The van der Waals surface area contributed by atoms with Crippen LogP contribution in [-0.2, 0) is 48.9 Å². The van der Waals surface area contributed by atoms with Crippen molar-refractivity contribution in [2.75, 3.05) is 107 Å². The van der Waals surface area contributed by atoms with E-state index in [1.165, 1.54) is 30.5 Å². The number of aryl methyl sites for hydroxylation is 1. The van der Waals surface area contributed by atoms with Crippen molar-refractivity contribution in [1.82, 2.24) is 86.8 Å². The lowest BCUT2D eigenvalue weighted by molar-refractivity contribution is 0.00578. The molecule has 12 aromatic heterocycles. The number of amides is 2. The minimum atomic E-state index is -3.85. The molecule has 0 unspecified atom stereocenters. The molecule has 4 aliphatic rings. The van der Waals surface area contributed by atoms with Crippen molar-refractivity contribution in [3.05, 3.63) is 272 Å². The van der Waals surface area contributed by atoms with E-state index in [1.54, 1.807) is 183 Å². The number of carbonyl (C=O) groups is 2. The summed E-state index contributed by atoms with van der Waals surface area (Å²) in [7, 11) is -8.83. The Labute approximate surface area is 869 Å². The lowest BCUT2D eigenvalue weighted by Crippen LogP contribution is -2.41. The maximum atomic E-state index is 13.5. The van der Waals surface area contributed by atoms with Crippen molar-refractivity contribution < 1.29 is 63.1 Å². The first-order valence-electron chi connectivity index (χ1n) is 49.2. The fraction of sp³-hybridized carbons (Fsp3) is 0.300. The number of rotatable bonds is 17. The van der Waals surface area contributed by atoms with Crippen molar-refractivity contribution in [2.24, 2.45) is 0 Å². The van der Waals surface area contributed by atoms with E-state index in [2.05, 4.69) is 95.2 Å². The van der Waals surface area contributed by atoms with E-state index in [0.717, 1.165) is 154 Å². The monoisotopic (exact) mass is 2080 g/mol. The van der Waals surface area contributed by atoms with Crippen molar-refractivity contribution in [2.45, 2.75) is 140 Å². The molecule has 0 saturated carbocycles. The van der Waals surface area contributed by atoms with E-state index in [4.69, 9.17) is 43.2 Å². The van der Waals surface area contributed by atoms with E-state index in [1.807, 2.05) is 125 Å². The smallest absolute Gasteiger partial charge is 0.480 e. The van der Waals surface area contributed by atoms with E-state index >= 15 is 0 Å². The number of nitrogens with zero attached hydrogens (tertiary/aromatic N) is 16. The third kappa shape index (κ3) is 21.9. The lowest BCUT2D eigenvalue weighted by Gasteiger charge is -2.32. The van der Waals surface area contributed by atoms with Gasteiger partial charge in [0.1, 0.15) is 28.7 Å². The Morgan fingerprint density at radius 3 is 1.25 bits per heavy atom. The number of anilines is 3. The maximum Gasteiger partial charge on any atom is 0.495 e. The average molecular weight is 2080 g/mol. The van der Waals surface area contributed by atoms with Gasteiger partial charge in [0.25, 0.3) is 35.6 Å². The van der Waals surface area contributed by atoms with Crippen molar-refractivity contribution >= 4 is 138 Å². The summed E-state index contributed by atoms with van der Waals surface area (Å²) in [6.45, 7) is 30.8. The van der Waals surface area contributed by atoms with Gasteiger partial charge in [-0.05, 0) is 275 Å². The predicted octanol–water partition coefficient (Wildman–Crippen LogP) is 17.9. The van der Waals surface area contributed by atoms with Gasteiger partial charge in [0.05, 0.1) is 89.9 Å². The molecule has 0 aliphatic carbocycles. The molecule has 5 N–H and O–H groups in total. The molecule has 18 aromatic rings. The molecule has 40 heteroatoms. The highest BCUT2D eigenvalue weighted by molar-refractivity contribution is 7.90. The van der Waals surface area contributed by atoms with Crippen LogP contribution in [0.2, 0.25) is 0 Å². The van der Waals surface area contributed by atoms with Crippen LogP contribution in [0.15, 0.2) is 275 Å². The van der Waals surface area contributed by atoms with Crippen LogP contribution in [-0.4, -0.2) is 241 Å². The number of methoxy groups -OCH3 is 2. The Morgan fingerprint density at radius 2 is 0.807 bits per heavy atom. The Balaban J connectivity index is 0.000000133. The van der Waals surface area contributed by atoms with E-state index in [0.29, 0.717) is 106 Å². The summed E-state index contributed by atoms with van der Waals surface area (Å²) < 4.78 is 118. The SMILES string of the molecule is C.CC1(C)OB(c2ccnc3c2ccn3S(=O)(=O)c2ccccc2)OC1(C)C.COc1ncc(-c2ccnc3c2ccn3S(=O)(=O)c2ccccc2)cc1-c1nc2ccc(N3CCCN(C(=O)OC(C)(C)C)CC3)cc2[nH]1.COc1ncc(C)cc1-c1nc2ccc(N3CCCN(C(=O)OC(C)(C)C)CC3)cc2[nH]1.O=c1[nH]cc(-c2ccnc3c2ccn3S(=O)(=O)c2ccccc2)cc1-c1nc2ccc(N3CCCNCC3)cc2[nH]1. The normalized spacial score (nSPS) is 15.2. The molecule has 16 heterocycles. The summed E-state index contributed by atoms with van der Waals surface area (Å²) in [6, 6.07) is 59.7. The fourth-order valence-electron chi connectivity index (χ4n) is 18.5. The van der Waals surface area contributed by atoms with Crippen LogP contribution < -0.4 is 40.5 Å². The van der Waals surface area contributed by atoms with Crippen molar-refractivity contribution in [3.8, 4) is 68.2 Å². The molecular formula is C110H120BN21O15S3. The second-order valence-electron chi connectivity index (χ2n) is 39.8. The van der Waals surface area contributed by atoms with E-state index < -0.39 is 59.6 Å². The van der Waals surface area contributed by atoms with E-state index in [9.17, 15) is 39.6 Å². The standard InChI is InChI=1S/C36H37N7O5S.C30H27N7O3S.C24H31N5O3.C19H21BN2O4S.CH4/c1-36(2,3)48-35(44)42-17-8-16-41(19-20-42)25-11-12-30-31(22-25)40-32(39-30)29-21-24(23-38-34(29)47-4)27-13-15-37-33-28(27)14-18-43(33)49(45,46)26-9-6-5-7-10-26;38-30-25(28-34-26-8-7-21(18-27(26)35-28)36-14-4-11-31-13-16-36)17-20(19-33-30)23-9-12-32-29-24(23)10-15-37(29)41(39,40)22-5-2-1-3-6-22;1-16-13-18(22(31-5)25-15-16)21-26-19-8-7-17(14-20(19)27-21)28-9-6-10-29(12-11-28)23(30)32-24(2,3)4;1-18(2)19(3,4)26-20(25-18)16-10-12-21-17-15(16)11-13-22(17)27(23,24)14-8-6-5-7-9-14;/h5-7,9-15,18,21-23H,8,16-17,19-20H2,1-4H3,(H,39,40);1-3,5-10,12,15,17-19,31H,4,11,13-14,16H2,(H,33,38)(H,34,35);7-8,13-15H,6,9-12H2,1-5H3,(H,26,27);5-13H,1-4H3;1H4. The number of aromatic nitrogens is 15. The van der Waals surface area contributed by atoms with Crippen LogP contribution in [0.25, 0.3) is 123 Å². The molecule has 0 spiro atoms. The summed E-state index contributed by atoms with van der Waals surface area (Å²) in [5, 5.41) is 5.43. The highest BCUT2D eigenvalue weighted by atomic mass is 32.2. The third-order valence-corrected chi connectivity index (χ3v) is 31.8. The molecule has 6 aromatic carbocycles. The number of benzene rings is 6. The number of pyridine rings is 6. The number of nitrogens with one attached hydrogen (secondary N) is 5. The van der Waals surface area contributed by atoms with Crippen LogP contribution in [0.3, 0.4) is 0 Å². The molecule has 4 aliphatic heterocycles.